The quantitative estimate of drug-likeness (QED) is 0.914. The summed E-state index contributed by atoms with van der Waals surface area (Å²) in [6, 6.07) is 7.58. The first kappa shape index (κ1) is 13.2. The first-order chi connectivity index (χ1) is 8.49. The monoisotopic (exact) mass is 267 g/mol. The minimum absolute atomic E-state index is 0.0120. The molecular formula is C13H18ClN3O. The van der Waals surface area contributed by atoms with Crippen LogP contribution in [0.3, 0.4) is 0 Å². The molecule has 98 valence electrons. The number of rotatable bonds is 3. The first-order valence-electron chi connectivity index (χ1n) is 5.87. The van der Waals surface area contributed by atoms with Gasteiger partial charge >= 0.3 is 0 Å². The molecule has 0 amide bonds. The van der Waals surface area contributed by atoms with Crippen molar-refractivity contribution in [1.29, 1.82) is 0 Å². The number of ether oxygens (including phenoxy) is 1. The van der Waals surface area contributed by atoms with Gasteiger partial charge in [0.1, 0.15) is 0 Å². The van der Waals surface area contributed by atoms with E-state index in [1.165, 1.54) is 0 Å². The van der Waals surface area contributed by atoms with Crippen molar-refractivity contribution in [1.82, 2.24) is 0 Å². The van der Waals surface area contributed by atoms with E-state index in [9.17, 15) is 0 Å². The van der Waals surface area contributed by atoms with Gasteiger partial charge in [-0.1, -0.05) is 11.6 Å². The molecule has 2 atom stereocenters. The van der Waals surface area contributed by atoms with E-state index in [1.807, 2.05) is 36.1 Å². The molecule has 0 bridgehead atoms. The third-order valence-corrected chi connectivity index (χ3v) is 3.87. The van der Waals surface area contributed by atoms with E-state index in [4.69, 9.17) is 22.1 Å². The molecule has 0 fully saturated rings. The van der Waals surface area contributed by atoms with Crippen molar-refractivity contribution in [3.63, 3.8) is 0 Å². The molecule has 4 nitrogen and oxygen atoms in total. The second kappa shape index (κ2) is 4.78. The third kappa shape index (κ3) is 2.06. The maximum absolute atomic E-state index is 6.00. The molecule has 2 rings (SSSR count). The van der Waals surface area contributed by atoms with Gasteiger partial charge in [0.25, 0.3) is 0 Å². The molecule has 1 aromatic rings. The van der Waals surface area contributed by atoms with Gasteiger partial charge in [-0.3, -0.25) is 4.99 Å². The summed E-state index contributed by atoms with van der Waals surface area (Å²) in [6.07, 6.45) is 0.0120. The molecule has 5 heteroatoms. The summed E-state index contributed by atoms with van der Waals surface area (Å²) in [6.45, 7) is 4.74. The van der Waals surface area contributed by atoms with Gasteiger partial charge < -0.3 is 15.4 Å². The SMILES string of the molecule is COC(C)C1(C)CN=C(N)N1c1ccc(Cl)cc1. The average molecular weight is 268 g/mol. The van der Waals surface area contributed by atoms with Crippen LogP contribution in [0.1, 0.15) is 13.8 Å². The van der Waals surface area contributed by atoms with Gasteiger partial charge in [0.05, 0.1) is 18.2 Å². The van der Waals surface area contributed by atoms with Gasteiger partial charge in [0.15, 0.2) is 5.96 Å². The molecule has 0 aliphatic carbocycles. The minimum atomic E-state index is -0.271. The van der Waals surface area contributed by atoms with Gasteiger partial charge in [0, 0.05) is 17.8 Å². The molecule has 0 aromatic heterocycles. The lowest BCUT2D eigenvalue weighted by Crippen LogP contribution is -2.56. The largest absolute Gasteiger partial charge is 0.379 e. The van der Waals surface area contributed by atoms with Gasteiger partial charge in [-0.25, -0.2) is 0 Å². The van der Waals surface area contributed by atoms with E-state index in [2.05, 4.69) is 11.9 Å². The number of methoxy groups -OCH3 is 1. The van der Waals surface area contributed by atoms with Crippen LogP contribution in [0.25, 0.3) is 0 Å². The Morgan fingerprint density at radius 3 is 2.61 bits per heavy atom. The number of guanidine groups is 1. The molecule has 18 heavy (non-hydrogen) atoms. The summed E-state index contributed by atoms with van der Waals surface area (Å²) in [5.41, 5.74) is 6.71. The van der Waals surface area contributed by atoms with E-state index in [0.29, 0.717) is 17.5 Å². The minimum Gasteiger partial charge on any atom is -0.379 e. The zero-order chi connectivity index (χ0) is 13.3. The Morgan fingerprint density at radius 2 is 2.06 bits per heavy atom. The van der Waals surface area contributed by atoms with E-state index >= 15 is 0 Å². The number of nitrogens with zero attached hydrogens (tertiary/aromatic N) is 2. The van der Waals surface area contributed by atoms with Crippen molar-refractivity contribution in [3.8, 4) is 0 Å². The van der Waals surface area contributed by atoms with Crippen LogP contribution in [-0.4, -0.2) is 31.3 Å². The molecular weight excluding hydrogens is 250 g/mol. The second-order valence-electron chi connectivity index (χ2n) is 4.72. The summed E-state index contributed by atoms with van der Waals surface area (Å²) in [4.78, 5) is 6.36. The molecule has 1 heterocycles. The van der Waals surface area contributed by atoms with Crippen LogP contribution in [0, 0.1) is 0 Å². The highest BCUT2D eigenvalue weighted by Crippen LogP contribution is 2.32. The maximum atomic E-state index is 6.00. The highest BCUT2D eigenvalue weighted by Gasteiger charge is 2.43. The van der Waals surface area contributed by atoms with Crippen molar-refractivity contribution >= 4 is 23.2 Å². The fraction of sp³-hybridized carbons (Fsp3) is 0.462. The van der Waals surface area contributed by atoms with Crippen LogP contribution >= 0.6 is 11.6 Å². The van der Waals surface area contributed by atoms with Crippen LogP contribution in [0.15, 0.2) is 29.3 Å². The van der Waals surface area contributed by atoms with Crippen molar-refractivity contribution in [2.45, 2.75) is 25.5 Å². The van der Waals surface area contributed by atoms with Crippen LogP contribution in [0.2, 0.25) is 5.02 Å². The smallest absolute Gasteiger partial charge is 0.196 e. The van der Waals surface area contributed by atoms with Crippen LogP contribution in [0.4, 0.5) is 5.69 Å². The van der Waals surface area contributed by atoms with Crippen molar-refractivity contribution in [2.75, 3.05) is 18.6 Å². The van der Waals surface area contributed by atoms with Crippen LogP contribution < -0.4 is 10.6 Å². The van der Waals surface area contributed by atoms with E-state index < -0.39 is 0 Å². The number of benzene rings is 1. The molecule has 0 spiro atoms. The number of nitrogens with two attached hydrogens (primary N) is 1. The molecule has 0 saturated carbocycles. The normalized spacial score (nSPS) is 25.1. The Labute approximate surface area is 112 Å². The Balaban J connectivity index is 2.39. The number of anilines is 1. The van der Waals surface area contributed by atoms with E-state index in [0.717, 1.165) is 5.69 Å². The predicted molar refractivity (Wildman–Crippen MR) is 75.3 cm³/mol. The van der Waals surface area contributed by atoms with E-state index in [-0.39, 0.29) is 11.6 Å². The lowest BCUT2D eigenvalue weighted by Gasteiger charge is -2.39. The number of hydrogen-bond acceptors (Lipinski definition) is 4. The molecule has 0 saturated heterocycles. The Bertz CT molecular complexity index is 460. The highest BCUT2D eigenvalue weighted by atomic mass is 35.5. The van der Waals surface area contributed by atoms with Crippen LogP contribution in [-0.2, 0) is 4.74 Å². The molecule has 2 unspecified atom stereocenters. The van der Waals surface area contributed by atoms with Gasteiger partial charge in [-0.05, 0) is 38.1 Å². The van der Waals surface area contributed by atoms with Gasteiger partial charge in [0.2, 0.25) is 0 Å². The summed E-state index contributed by atoms with van der Waals surface area (Å²) in [7, 11) is 1.70. The third-order valence-electron chi connectivity index (χ3n) is 3.62. The van der Waals surface area contributed by atoms with Crippen molar-refractivity contribution < 1.29 is 4.74 Å². The molecule has 1 aliphatic heterocycles. The second-order valence-corrected chi connectivity index (χ2v) is 5.16. The molecule has 1 aliphatic rings. The summed E-state index contributed by atoms with van der Waals surface area (Å²) < 4.78 is 5.46. The Hall–Kier alpha value is -1.26. The lowest BCUT2D eigenvalue weighted by molar-refractivity contribution is 0.0645. The predicted octanol–water partition coefficient (Wildman–Crippen LogP) is 2.27. The first-order valence-corrected chi connectivity index (χ1v) is 6.25. The summed E-state index contributed by atoms with van der Waals surface area (Å²) in [5.74, 6) is 0.517. The Morgan fingerprint density at radius 1 is 1.44 bits per heavy atom. The standard InChI is InChI=1S/C13H18ClN3O/c1-9(18-3)13(2)8-16-12(15)17(13)11-6-4-10(14)5-7-11/h4-7,9H,8H2,1-3H3,(H2,15,16). The zero-order valence-electron chi connectivity index (χ0n) is 10.9. The topological polar surface area (TPSA) is 50.9 Å². The fourth-order valence-corrected chi connectivity index (χ4v) is 2.35. The number of hydrogen-bond donors (Lipinski definition) is 1. The Kier molecular flexibility index (Phi) is 3.50. The van der Waals surface area contributed by atoms with Gasteiger partial charge in [-0.2, -0.15) is 0 Å². The zero-order valence-corrected chi connectivity index (χ0v) is 11.6. The molecule has 0 radical (unpaired) electrons. The summed E-state index contributed by atoms with van der Waals surface area (Å²) in [5, 5.41) is 0.704. The average Bonchev–Trinajstić information content (AvgIpc) is 2.67. The summed E-state index contributed by atoms with van der Waals surface area (Å²) >= 11 is 5.91. The molecule has 2 N–H and O–H groups in total. The molecule has 1 aromatic carbocycles. The fourth-order valence-electron chi connectivity index (χ4n) is 2.23. The van der Waals surface area contributed by atoms with Crippen molar-refractivity contribution in [3.05, 3.63) is 29.3 Å². The maximum Gasteiger partial charge on any atom is 0.196 e. The van der Waals surface area contributed by atoms with E-state index in [1.54, 1.807) is 7.11 Å². The van der Waals surface area contributed by atoms with Gasteiger partial charge in [-0.15, -0.1) is 0 Å². The number of halogens is 1. The van der Waals surface area contributed by atoms with Crippen LogP contribution in [0.5, 0.6) is 0 Å². The highest BCUT2D eigenvalue weighted by molar-refractivity contribution is 6.30. The number of aliphatic imine (C=N–C) groups is 1. The van der Waals surface area contributed by atoms with Crippen molar-refractivity contribution in [2.24, 2.45) is 10.7 Å². The lowest BCUT2D eigenvalue weighted by atomic mass is 9.94.